The second kappa shape index (κ2) is 5.54. The predicted molar refractivity (Wildman–Crippen MR) is 75.2 cm³/mol. The third kappa shape index (κ3) is 3.98. The topological polar surface area (TPSA) is 63.5 Å². The molecule has 0 radical (unpaired) electrons. The number of nitrogens with one attached hydrogen (secondary N) is 2. The van der Waals surface area contributed by atoms with Gasteiger partial charge in [-0.05, 0) is 48.8 Å². The van der Waals surface area contributed by atoms with Crippen molar-refractivity contribution in [3.8, 4) is 0 Å². The molecule has 1 aliphatic rings. The number of amides is 1. The molecular formula is C13H19BrN2O3. The molecule has 1 aliphatic heterocycles. The third-order valence-corrected chi connectivity index (χ3v) is 3.30. The van der Waals surface area contributed by atoms with Crippen molar-refractivity contribution in [2.24, 2.45) is 0 Å². The van der Waals surface area contributed by atoms with Crippen molar-refractivity contribution in [2.75, 3.05) is 13.1 Å². The lowest BCUT2D eigenvalue weighted by molar-refractivity contribution is 0.0503. The average Bonchev–Trinajstić information content (AvgIpc) is 2.83. The number of carbonyl (C=O) groups excluding carboxylic acids is 1. The van der Waals surface area contributed by atoms with Gasteiger partial charge in [0.2, 0.25) is 0 Å². The fourth-order valence-electron chi connectivity index (χ4n) is 2.12. The molecule has 106 valence electrons. The van der Waals surface area contributed by atoms with Crippen molar-refractivity contribution in [1.82, 2.24) is 10.6 Å². The Bertz CT molecular complexity index is 453. The van der Waals surface area contributed by atoms with Gasteiger partial charge in [-0.1, -0.05) is 0 Å². The summed E-state index contributed by atoms with van der Waals surface area (Å²) in [7, 11) is 0. The third-order valence-electron chi connectivity index (χ3n) is 2.88. The lowest BCUT2D eigenvalue weighted by atomic mass is 10.0. The van der Waals surface area contributed by atoms with Crippen LogP contribution in [0.3, 0.4) is 0 Å². The van der Waals surface area contributed by atoms with Crippen LogP contribution in [0.5, 0.6) is 0 Å². The number of rotatable bonds is 2. The highest BCUT2D eigenvalue weighted by molar-refractivity contribution is 9.10. The van der Waals surface area contributed by atoms with Crippen molar-refractivity contribution in [3.63, 3.8) is 0 Å². The van der Waals surface area contributed by atoms with Crippen LogP contribution in [0.1, 0.15) is 32.4 Å². The molecule has 2 N–H and O–H groups in total. The molecular weight excluding hydrogens is 312 g/mol. The summed E-state index contributed by atoms with van der Waals surface area (Å²) >= 11 is 3.29. The Labute approximate surface area is 121 Å². The number of halogens is 1. The zero-order valence-corrected chi connectivity index (χ0v) is 12.9. The van der Waals surface area contributed by atoms with E-state index in [9.17, 15) is 4.79 Å². The minimum atomic E-state index is -0.487. The summed E-state index contributed by atoms with van der Waals surface area (Å²) in [6.07, 6.45) is -0.392. The first-order valence-corrected chi connectivity index (χ1v) is 7.10. The van der Waals surface area contributed by atoms with Crippen LogP contribution >= 0.6 is 15.9 Å². The van der Waals surface area contributed by atoms with Crippen LogP contribution in [-0.4, -0.2) is 30.8 Å². The fraction of sp³-hybridized carbons (Fsp3) is 0.615. The van der Waals surface area contributed by atoms with E-state index >= 15 is 0 Å². The van der Waals surface area contributed by atoms with Gasteiger partial charge in [-0.3, -0.25) is 0 Å². The largest absolute Gasteiger partial charge is 0.454 e. The maximum atomic E-state index is 11.8. The van der Waals surface area contributed by atoms with Gasteiger partial charge in [-0.25, -0.2) is 4.79 Å². The first-order chi connectivity index (χ1) is 8.85. The van der Waals surface area contributed by atoms with E-state index in [0.29, 0.717) is 11.2 Å². The lowest BCUT2D eigenvalue weighted by Crippen LogP contribution is -2.42. The average molecular weight is 331 g/mol. The van der Waals surface area contributed by atoms with Gasteiger partial charge in [-0.15, -0.1) is 0 Å². The van der Waals surface area contributed by atoms with E-state index in [4.69, 9.17) is 9.15 Å². The summed E-state index contributed by atoms with van der Waals surface area (Å²) in [6, 6.07) is 3.76. The summed E-state index contributed by atoms with van der Waals surface area (Å²) in [5, 5.41) is 6.15. The van der Waals surface area contributed by atoms with Gasteiger partial charge in [-0.2, -0.15) is 0 Å². The Hall–Kier alpha value is -1.01. The zero-order valence-electron chi connectivity index (χ0n) is 11.3. The first kappa shape index (κ1) is 14.4. The molecule has 2 rings (SSSR count). The number of hydrogen-bond acceptors (Lipinski definition) is 4. The molecule has 1 saturated heterocycles. The summed E-state index contributed by atoms with van der Waals surface area (Å²) in [5.41, 5.74) is -0.487. The molecule has 0 unspecified atom stereocenters. The molecule has 2 atom stereocenters. The molecule has 0 spiro atoms. The van der Waals surface area contributed by atoms with Crippen LogP contribution in [0.2, 0.25) is 0 Å². The van der Waals surface area contributed by atoms with Gasteiger partial charge in [0.1, 0.15) is 11.4 Å². The monoisotopic (exact) mass is 330 g/mol. The Morgan fingerprint density at radius 2 is 2.21 bits per heavy atom. The number of alkyl carbamates (subject to hydrolysis) is 1. The second-order valence-corrected chi connectivity index (χ2v) is 6.44. The van der Waals surface area contributed by atoms with Gasteiger partial charge in [0.05, 0.1) is 12.0 Å². The summed E-state index contributed by atoms with van der Waals surface area (Å²) in [5.74, 6) is 0.983. The van der Waals surface area contributed by atoms with Gasteiger partial charge in [0.25, 0.3) is 0 Å². The number of furan rings is 1. The molecule has 1 aromatic heterocycles. The van der Waals surface area contributed by atoms with E-state index in [1.54, 1.807) is 0 Å². The van der Waals surface area contributed by atoms with E-state index in [0.717, 1.165) is 12.3 Å². The molecule has 0 aliphatic carbocycles. The minimum Gasteiger partial charge on any atom is -0.454 e. The molecule has 19 heavy (non-hydrogen) atoms. The van der Waals surface area contributed by atoms with E-state index < -0.39 is 11.7 Å². The van der Waals surface area contributed by atoms with Gasteiger partial charge < -0.3 is 19.8 Å². The van der Waals surface area contributed by atoms with E-state index in [-0.39, 0.29) is 12.0 Å². The molecule has 0 aromatic carbocycles. The highest BCUT2D eigenvalue weighted by Crippen LogP contribution is 2.27. The van der Waals surface area contributed by atoms with Crippen LogP contribution < -0.4 is 10.6 Å². The number of carbonyl (C=O) groups is 1. The van der Waals surface area contributed by atoms with Crippen LogP contribution in [0.25, 0.3) is 0 Å². The van der Waals surface area contributed by atoms with Crippen molar-refractivity contribution in [2.45, 2.75) is 38.3 Å². The van der Waals surface area contributed by atoms with Crippen LogP contribution in [0, 0.1) is 0 Å². The first-order valence-electron chi connectivity index (χ1n) is 6.30. The normalized spacial score (nSPS) is 23.4. The quantitative estimate of drug-likeness (QED) is 0.874. The van der Waals surface area contributed by atoms with E-state index in [2.05, 4.69) is 26.6 Å². The molecule has 1 fully saturated rings. The smallest absolute Gasteiger partial charge is 0.407 e. The number of hydrogen-bond donors (Lipinski definition) is 2. The zero-order chi connectivity index (χ0) is 14.0. The second-order valence-electron chi connectivity index (χ2n) is 5.66. The highest BCUT2D eigenvalue weighted by atomic mass is 79.9. The molecule has 5 nitrogen and oxygen atoms in total. The van der Waals surface area contributed by atoms with Crippen molar-refractivity contribution in [1.29, 1.82) is 0 Å². The minimum absolute atomic E-state index is 0.0205. The Morgan fingerprint density at radius 3 is 2.79 bits per heavy atom. The molecule has 1 aromatic rings. The Balaban J connectivity index is 1.98. The van der Waals surface area contributed by atoms with Crippen LogP contribution in [0.15, 0.2) is 21.2 Å². The summed E-state index contributed by atoms with van der Waals surface area (Å²) in [6.45, 7) is 7.03. The molecule has 1 amide bonds. The Kier molecular flexibility index (Phi) is 4.20. The summed E-state index contributed by atoms with van der Waals surface area (Å²) < 4.78 is 11.5. The molecule has 2 heterocycles. The van der Waals surface area contributed by atoms with Gasteiger partial charge in [0.15, 0.2) is 4.67 Å². The highest BCUT2D eigenvalue weighted by Gasteiger charge is 2.33. The predicted octanol–water partition coefficient (Wildman–Crippen LogP) is 2.62. The lowest BCUT2D eigenvalue weighted by Gasteiger charge is -2.23. The van der Waals surface area contributed by atoms with Gasteiger partial charge >= 0.3 is 6.09 Å². The van der Waals surface area contributed by atoms with E-state index in [1.165, 1.54) is 0 Å². The maximum absolute atomic E-state index is 11.8. The van der Waals surface area contributed by atoms with Crippen LogP contribution in [-0.2, 0) is 4.74 Å². The maximum Gasteiger partial charge on any atom is 0.407 e. The Morgan fingerprint density at radius 1 is 1.47 bits per heavy atom. The summed E-state index contributed by atoms with van der Waals surface area (Å²) in [4.78, 5) is 11.8. The van der Waals surface area contributed by atoms with Crippen molar-refractivity contribution in [3.05, 3.63) is 22.6 Å². The molecule has 0 saturated carbocycles. The number of ether oxygens (including phenoxy) is 1. The SMILES string of the molecule is CC(C)(C)OC(=O)N[C@@H]1CNC[C@@H]1c1ccc(Br)o1. The van der Waals surface area contributed by atoms with Crippen molar-refractivity contribution >= 4 is 22.0 Å². The molecule has 0 bridgehead atoms. The molecule has 6 heteroatoms. The van der Waals surface area contributed by atoms with E-state index in [1.807, 2.05) is 32.9 Å². The van der Waals surface area contributed by atoms with Crippen LogP contribution in [0.4, 0.5) is 4.79 Å². The standard InChI is InChI=1S/C13H19BrN2O3/c1-13(2,3)19-12(17)16-9-7-15-6-8(9)10-4-5-11(14)18-10/h4-5,8-9,15H,6-7H2,1-3H3,(H,16,17)/t8-,9+/m0/s1. The van der Waals surface area contributed by atoms with Crippen molar-refractivity contribution < 1.29 is 13.9 Å². The fourth-order valence-corrected chi connectivity index (χ4v) is 2.43. The van der Waals surface area contributed by atoms with Gasteiger partial charge in [0, 0.05) is 13.1 Å².